The van der Waals surface area contributed by atoms with E-state index < -0.39 is 16.8 Å². The number of rotatable bonds is 20. The molecule has 0 aliphatic heterocycles. The van der Waals surface area contributed by atoms with Gasteiger partial charge >= 0.3 is 5.97 Å². The van der Waals surface area contributed by atoms with Crippen molar-refractivity contribution >= 4 is 23.6 Å². The first-order chi connectivity index (χ1) is 18.2. The second-order valence-electron chi connectivity index (χ2n) is 10.0. The molecule has 0 saturated carbocycles. The van der Waals surface area contributed by atoms with Crippen molar-refractivity contribution in [3.8, 4) is 0 Å². The minimum atomic E-state index is -1.00. The molecule has 0 spiro atoms. The highest BCUT2D eigenvalue weighted by molar-refractivity contribution is 8.01. The summed E-state index contributed by atoms with van der Waals surface area (Å²) in [5.74, 6) is 0.577. The summed E-state index contributed by atoms with van der Waals surface area (Å²) >= 11 is 1.67. The van der Waals surface area contributed by atoms with Gasteiger partial charge in [0.25, 0.3) is 0 Å². The Morgan fingerprint density at radius 1 is 0.737 bits per heavy atom. The van der Waals surface area contributed by atoms with Crippen LogP contribution in [0.25, 0.3) is 0 Å². The van der Waals surface area contributed by atoms with E-state index >= 15 is 0 Å². The number of allylic oxidation sites excluding steroid dienone is 10. The molecule has 1 atom stereocenters. The molecule has 0 aromatic carbocycles. The van der Waals surface area contributed by atoms with Gasteiger partial charge in [0.05, 0.1) is 4.75 Å². The van der Waals surface area contributed by atoms with Gasteiger partial charge in [0.15, 0.2) is 0 Å². The molecule has 0 radical (unpaired) electrons. The van der Waals surface area contributed by atoms with Gasteiger partial charge in [-0.15, -0.1) is 11.8 Å². The monoisotopic (exact) mass is 547 g/mol. The molecule has 4 nitrogen and oxygen atoms in total. The van der Waals surface area contributed by atoms with Crippen molar-refractivity contribution in [2.24, 2.45) is 5.92 Å². The zero-order valence-corrected chi connectivity index (χ0v) is 26.2. The summed E-state index contributed by atoms with van der Waals surface area (Å²) in [6.45, 7) is 14.2. The quantitative estimate of drug-likeness (QED) is 0.118. The van der Waals surface area contributed by atoms with Crippen LogP contribution in [0.15, 0.2) is 60.8 Å². The highest BCUT2D eigenvalue weighted by Crippen LogP contribution is 2.34. The first-order valence-corrected chi connectivity index (χ1v) is 15.6. The lowest BCUT2D eigenvalue weighted by Gasteiger charge is -2.30. The molecule has 0 aliphatic carbocycles. The third-order valence-corrected chi connectivity index (χ3v) is 7.38. The average Bonchev–Trinajstić information content (AvgIpc) is 2.87. The van der Waals surface area contributed by atoms with Crippen molar-refractivity contribution in [1.29, 1.82) is 0 Å². The Morgan fingerprint density at radius 2 is 1.16 bits per heavy atom. The lowest BCUT2D eigenvalue weighted by molar-refractivity contribution is -0.141. The molecule has 0 aromatic heterocycles. The van der Waals surface area contributed by atoms with E-state index in [4.69, 9.17) is 5.11 Å². The molecule has 1 unspecified atom stereocenters. The number of carboxylic acids is 1. The summed E-state index contributed by atoms with van der Waals surface area (Å²) in [6, 6.07) is -0.860. The zero-order valence-electron chi connectivity index (χ0n) is 25.4. The van der Waals surface area contributed by atoms with Gasteiger partial charge < -0.3 is 10.4 Å². The number of carboxylic acid groups (broad SMARTS) is 1. The lowest BCUT2D eigenvalue weighted by Crippen LogP contribution is -2.49. The number of carbonyl (C=O) groups is 2. The Hall–Kier alpha value is -2.01. The number of thioether (sulfide) groups is 1. The van der Waals surface area contributed by atoms with Crippen molar-refractivity contribution in [2.45, 2.75) is 123 Å². The highest BCUT2D eigenvalue weighted by Gasteiger charge is 2.36. The van der Waals surface area contributed by atoms with Crippen LogP contribution >= 0.6 is 11.8 Å². The van der Waals surface area contributed by atoms with Crippen LogP contribution in [0.2, 0.25) is 0 Å². The van der Waals surface area contributed by atoms with Crippen LogP contribution in [0, 0.1) is 5.92 Å². The maximum absolute atomic E-state index is 12.6. The highest BCUT2D eigenvalue weighted by atomic mass is 32.2. The van der Waals surface area contributed by atoms with E-state index in [9.17, 15) is 9.59 Å². The Kier molecular flexibility index (Phi) is 26.7. The van der Waals surface area contributed by atoms with Crippen LogP contribution in [0.5, 0.6) is 0 Å². The standard InChI is InChI=1S/C29H47NO3S.C4H10/c1-5-8-9-10-11-12-13-14-15-16-17-18-19-20-21-22-23-24-25-34-29(6-2,7-3)28(33)30-26(4)27(31)32;1-4(2)3/h8-9,11-12,14-15,17-18,20-21,26H,5-7,10,13,16,19,22-25H2,1-4H3,(H,30,33)(H,31,32);4H,1-3H3/b9-8-,12-11-,15-14-,18-17-,21-20-;. The van der Waals surface area contributed by atoms with Crippen LogP contribution in [0.4, 0.5) is 0 Å². The molecule has 0 bridgehead atoms. The van der Waals surface area contributed by atoms with Crippen molar-refractivity contribution in [3.05, 3.63) is 60.8 Å². The van der Waals surface area contributed by atoms with Crippen molar-refractivity contribution in [3.63, 3.8) is 0 Å². The summed E-state index contributed by atoms with van der Waals surface area (Å²) in [6.07, 6.45) is 31.7. The molecule has 0 aliphatic rings. The number of carbonyl (C=O) groups excluding carboxylic acids is 1. The molecule has 38 heavy (non-hydrogen) atoms. The van der Waals surface area contributed by atoms with Crippen LogP contribution in [0.1, 0.15) is 113 Å². The fourth-order valence-corrected chi connectivity index (χ4v) is 4.57. The Bertz CT molecular complexity index is 728. The lowest BCUT2D eigenvalue weighted by atomic mass is 10.0. The van der Waals surface area contributed by atoms with Gasteiger partial charge in [0, 0.05) is 0 Å². The van der Waals surface area contributed by atoms with Gasteiger partial charge in [0.1, 0.15) is 6.04 Å². The fraction of sp³-hybridized carbons (Fsp3) is 0.636. The zero-order chi connectivity index (χ0) is 29.1. The summed E-state index contributed by atoms with van der Waals surface area (Å²) in [4.78, 5) is 23.7. The Labute approximate surface area is 239 Å². The van der Waals surface area contributed by atoms with E-state index in [0.29, 0.717) is 12.8 Å². The van der Waals surface area contributed by atoms with Gasteiger partial charge in [-0.3, -0.25) is 9.59 Å². The molecule has 0 saturated heterocycles. The summed E-state index contributed by atoms with van der Waals surface area (Å²) in [5, 5.41) is 11.7. The molecule has 2 N–H and O–H groups in total. The van der Waals surface area contributed by atoms with Gasteiger partial charge in [-0.2, -0.15) is 0 Å². The first kappa shape index (κ1) is 38.1. The number of aliphatic carboxylic acids is 1. The summed E-state index contributed by atoms with van der Waals surface area (Å²) in [7, 11) is 0. The maximum Gasteiger partial charge on any atom is 0.325 e. The van der Waals surface area contributed by atoms with E-state index in [1.165, 1.54) is 6.92 Å². The minimum Gasteiger partial charge on any atom is -0.480 e. The number of unbranched alkanes of at least 4 members (excludes halogenated alkanes) is 2. The van der Waals surface area contributed by atoms with Gasteiger partial charge in [0.2, 0.25) is 5.91 Å². The molecule has 5 heteroatoms. The van der Waals surface area contributed by atoms with E-state index in [2.05, 4.69) is 93.8 Å². The number of hydrogen-bond donors (Lipinski definition) is 2. The largest absolute Gasteiger partial charge is 0.480 e. The predicted molar refractivity (Wildman–Crippen MR) is 170 cm³/mol. The van der Waals surface area contributed by atoms with E-state index in [0.717, 1.165) is 63.0 Å². The fourth-order valence-electron chi connectivity index (χ4n) is 3.23. The molecule has 0 heterocycles. The third kappa shape index (κ3) is 23.1. The van der Waals surface area contributed by atoms with Gasteiger partial charge in [-0.1, -0.05) is 102 Å². The van der Waals surface area contributed by atoms with E-state index in [1.54, 1.807) is 11.8 Å². The Morgan fingerprint density at radius 3 is 1.55 bits per heavy atom. The second kappa shape index (κ2) is 26.6. The van der Waals surface area contributed by atoms with Crippen LogP contribution in [-0.2, 0) is 9.59 Å². The smallest absolute Gasteiger partial charge is 0.325 e. The molecule has 1 amide bonds. The molecular formula is C33H57NO3S. The SMILES string of the molecule is CC(C)C.CC/C=C\C/C=C\C/C=C\C/C=C\C/C=C\CCCCSC(CC)(CC)C(=O)NC(C)C(=O)O. The summed E-state index contributed by atoms with van der Waals surface area (Å²) < 4.78 is -0.541. The number of hydrogen-bond acceptors (Lipinski definition) is 3. The van der Waals surface area contributed by atoms with Crippen molar-refractivity contribution in [1.82, 2.24) is 5.32 Å². The minimum absolute atomic E-state index is 0.157. The predicted octanol–water partition coefficient (Wildman–Crippen LogP) is 9.45. The Balaban J connectivity index is 0. The maximum atomic E-state index is 12.6. The molecule has 218 valence electrons. The first-order valence-electron chi connectivity index (χ1n) is 14.6. The van der Waals surface area contributed by atoms with Crippen molar-refractivity contribution < 1.29 is 14.7 Å². The topological polar surface area (TPSA) is 66.4 Å². The van der Waals surface area contributed by atoms with Crippen LogP contribution in [0.3, 0.4) is 0 Å². The molecule has 0 aromatic rings. The molecule has 0 rings (SSSR count). The van der Waals surface area contributed by atoms with E-state index in [1.807, 2.05) is 13.8 Å². The van der Waals surface area contributed by atoms with Gasteiger partial charge in [-0.25, -0.2) is 0 Å². The second-order valence-corrected chi connectivity index (χ2v) is 11.5. The van der Waals surface area contributed by atoms with E-state index in [-0.39, 0.29) is 5.91 Å². The normalized spacial score (nSPS) is 13.3. The van der Waals surface area contributed by atoms with Crippen LogP contribution < -0.4 is 5.32 Å². The van der Waals surface area contributed by atoms with Crippen molar-refractivity contribution in [2.75, 3.05) is 5.75 Å². The number of amides is 1. The number of nitrogens with one attached hydrogen (secondary N) is 1. The average molecular weight is 548 g/mol. The summed E-state index contributed by atoms with van der Waals surface area (Å²) in [5.41, 5.74) is 0. The van der Waals surface area contributed by atoms with Gasteiger partial charge in [-0.05, 0) is 82.8 Å². The van der Waals surface area contributed by atoms with Crippen LogP contribution in [-0.4, -0.2) is 33.5 Å². The molecular weight excluding hydrogens is 490 g/mol. The molecule has 0 fully saturated rings. The third-order valence-electron chi connectivity index (χ3n) is 5.58.